The highest BCUT2D eigenvalue weighted by Gasteiger charge is 2.27. The Morgan fingerprint density at radius 3 is 1.62 bits per heavy atom. The SMILES string of the molecule is C/C=C/CC/C=C/CC/C=C/C(O)C(COP(=O)(O)OCC[N+](C)(C)C)NC(=O)CCCCCCCCCCCCCCC/C=C\C/C=C\CCCCCCC. The minimum atomic E-state index is -4.34. The lowest BCUT2D eigenvalue weighted by molar-refractivity contribution is -0.870. The molecular formula is C47H88N2O6P+. The van der Waals surface area contributed by atoms with Crippen LogP contribution in [-0.2, 0) is 18.4 Å². The number of rotatable bonds is 40. The average molecular weight is 808 g/mol. The van der Waals surface area contributed by atoms with Crippen molar-refractivity contribution in [1.29, 1.82) is 0 Å². The zero-order chi connectivity index (χ0) is 41.4. The van der Waals surface area contributed by atoms with E-state index in [1.54, 1.807) is 6.08 Å². The summed E-state index contributed by atoms with van der Waals surface area (Å²) >= 11 is 0. The van der Waals surface area contributed by atoms with Gasteiger partial charge in [0.05, 0.1) is 39.9 Å². The number of allylic oxidation sites excluding steroid dienone is 9. The molecule has 0 radical (unpaired) electrons. The normalized spacial score (nSPS) is 14.9. The lowest BCUT2D eigenvalue weighted by Gasteiger charge is -2.25. The number of carbonyl (C=O) groups is 1. The molecule has 0 heterocycles. The second kappa shape index (κ2) is 38.7. The molecular weight excluding hydrogens is 719 g/mol. The summed E-state index contributed by atoms with van der Waals surface area (Å²) in [7, 11) is 1.54. The number of phosphoric acid groups is 1. The molecule has 3 atom stereocenters. The van der Waals surface area contributed by atoms with Gasteiger partial charge in [-0.15, -0.1) is 0 Å². The highest BCUT2D eigenvalue weighted by atomic mass is 31.2. The van der Waals surface area contributed by atoms with Gasteiger partial charge in [-0.1, -0.05) is 164 Å². The molecule has 0 saturated carbocycles. The first-order chi connectivity index (χ1) is 27.0. The van der Waals surface area contributed by atoms with Crippen molar-refractivity contribution in [3.63, 3.8) is 0 Å². The van der Waals surface area contributed by atoms with Crippen molar-refractivity contribution in [2.45, 2.75) is 193 Å². The van der Waals surface area contributed by atoms with E-state index in [0.29, 0.717) is 17.4 Å². The Labute approximate surface area is 345 Å². The molecule has 0 spiro atoms. The summed E-state index contributed by atoms with van der Waals surface area (Å²) in [6, 6.07) is -0.869. The topological polar surface area (TPSA) is 105 Å². The fourth-order valence-corrected chi connectivity index (χ4v) is 6.90. The maximum atomic E-state index is 12.8. The third-order valence-electron chi connectivity index (χ3n) is 9.78. The van der Waals surface area contributed by atoms with Crippen LogP contribution in [-0.4, -0.2) is 73.4 Å². The number of aliphatic hydroxyl groups excluding tert-OH is 1. The molecule has 0 aliphatic heterocycles. The molecule has 0 bridgehead atoms. The second-order valence-electron chi connectivity index (χ2n) is 16.4. The summed E-state index contributed by atoms with van der Waals surface area (Å²) in [5.74, 6) is -0.197. The zero-order valence-electron chi connectivity index (χ0n) is 36.9. The van der Waals surface area contributed by atoms with Crippen LogP contribution in [0.3, 0.4) is 0 Å². The molecule has 0 aliphatic carbocycles. The molecule has 0 fully saturated rings. The van der Waals surface area contributed by atoms with Crippen molar-refractivity contribution in [1.82, 2.24) is 5.32 Å². The van der Waals surface area contributed by atoms with Crippen molar-refractivity contribution in [2.75, 3.05) is 40.9 Å². The average Bonchev–Trinajstić information content (AvgIpc) is 3.15. The Bertz CT molecular complexity index is 1100. The second-order valence-corrected chi connectivity index (χ2v) is 17.9. The number of aliphatic hydroxyl groups is 1. The minimum absolute atomic E-state index is 0.0512. The monoisotopic (exact) mass is 808 g/mol. The number of carbonyl (C=O) groups excluding carboxylic acids is 1. The standard InChI is InChI=1S/C47H87N2O6P/c1-6-8-10-12-14-16-17-18-19-20-21-22-23-24-25-26-27-28-29-30-31-33-35-37-39-41-47(51)48-45(44-55-56(52,53)54-43-42-49(3,4)5)46(50)40-38-36-34-32-15-13-11-9-7-2/h7,9,15,17-18,20-21,32,38,40,45-46,50H,6,8,10-14,16,19,22-31,33-37,39,41-44H2,1-5H3,(H-,48,51,52,53)/p+1/b9-7+,18-17-,21-20-,32-15+,40-38+. The molecule has 8 nitrogen and oxygen atoms in total. The Morgan fingerprint density at radius 2 is 1.11 bits per heavy atom. The summed E-state index contributed by atoms with van der Waals surface area (Å²) in [5.41, 5.74) is 0. The van der Waals surface area contributed by atoms with E-state index in [-0.39, 0.29) is 19.1 Å². The smallest absolute Gasteiger partial charge is 0.387 e. The number of quaternary nitrogens is 1. The molecule has 1 amide bonds. The highest BCUT2D eigenvalue weighted by molar-refractivity contribution is 7.47. The molecule has 0 aromatic carbocycles. The van der Waals surface area contributed by atoms with E-state index in [2.05, 4.69) is 54.8 Å². The molecule has 0 aromatic heterocycles. The number of nitrogens with one attached hydrogen (secondary N) is 1. The van der Waals surface area contributed by atoms with Gasteiger partial charge in [0.1, 0.15) is 13.2 Å². The van der Waals surface area contributed by atoms with E-state index < -0.39 is 20.0 Å². The molecule has 0 aliphatic rings. The molecule has 3 N–H and O–H groups in total. The van der Waals surface area contributed by atoms with E-state index in [1.807, 2.05) is 40.2 Å². The molecule has 0 aromatic rings. The molecule has 56 heavy (non-hydrogen) atoms. The van der Waals surface area contributed by atoms with Gasteiger partial charge in [0.15, 0.2) is 0 Å². The van der Waals surface area contributed by atoms with Gasteiger partial charge in [-0.25, -0.2) is 4.57 Å². The van der Waals surface area contributed by atoms with Crippen molar-refractivity contribution >= 4 is 13.7 Å². The van der Waals surface area contributed by atoms with Crippen molar-refractivity contribution < 1.29 is 32.9 Å². The molecule has 326 valence electrons. The highest BCUT2D eigenvalue weighted by Crippen LogP contribution is 2.43. The van der Waals surface area contributed by atoms with Gasteiger partial charge in [-0.2, -0.15) is 0 Å². The Hall–Kier alpha value is -1.80. The van der Waals surface area contributed by atoms with Crippen LogP contribution in [0.1, 0.15) is 181 Å². The van der Waals surface area contributed by atoms with Crippen LogP contribution >= 0.6 is 7.82 Å². The third-order valence-corrected chi connectivity index (χ3v) is 10.8. The summed E-state index contributed by atoms with van der Waals surface area (Å²) in [6.07, 6.45) is 50.4. The van der Waals surface area contributed by atoms with E-state index in [4.69, 9.17) is 9.05 Å². The fraction of sp³-hybridized carbons (Fsp3) is 0.766. The molecule has 3 unspecified atom stereocenters. The van der Waals surface area contributed by atoms with Crippen LogP contribution in [0, 0.1) is 0 Å². The first-order valence-electron chi connectivity index (χ1n) is 22.6. The quantitative estimate of drug-likeness (QED) is 0.0246. The molecule has 0 saturated heterocycles. The van der Waals surface area contributed by atoms with E-state index in [0.717, 1.165) is 51.4 Å². The first kappa shape index (κ1) is 54.2. The van der Waals surface area contributed by atoms with Crippen LogP contribution in [0.5, 0.6) is 0 Å². The van der Waals surface area contributed by atoms with Gasteiger partial charge >= 0.3 is 7.82 Å². The van der Waals surface area contributed by atoms with Crippen molar-refractivity contribution in [3.05, 3.63) is 60.8 Å². The predicted octanol–water partition coefficient (Wildman–Crippen LogP) is 12.6. The number of unbranched alkanes of at least 4 members (excludes halogenated alkanes) is 20. The van der Waals surface area contributed by atoms with E-state index in [9.17, 15) is 19.4 Å². The molecule has 0 rings (SSSR count). The van der Waals surface area contributed by atoms with Crippen molar-refractivity contribution in [3.8, 4) is 0 Å². The van der Waals surface area contributed by atoms with Gasteiger partial charge in [0, 0.05) is 6.42 Å². The maximum Gasteiger partial charge on any atom is 0.472 e. The Balaban J connectivity index is 4.18. The van der Waals surface area contributed by atoms with Crippen molar-refractivity contribution in [2.24, 2.45) is 0 Å². The summed E-state index contributed by atoms with van der Waals surface area (Å²) in [6.45, 7) is 4.53. The van der Waals surface area contributed by atoms with E-state index >= 15 is 0 Å². The minimum Gasteiger partial charge on any atom is -0.387 e. The fourth-order valence-electron chi connectivity index (χ4n) is 6.17. The van der Waals surface area contributed by atoms with Crippen LogP contribution in [0.25, 0.3) is 0 Å². The van der Waals surface area contributed by atoms with Crippen LogP contribution in [0.2, 0.25) is 0 Å². The zero-order valence-corrected chi connectivity index (χ0v) is 37.8. The molecule has 9 heteroatoms. The summed E-state index contributed by atoms with van der Waals surface area (Å²) in [4.78, 5) is 23.0. The van der Waals surface area contributed by atoms with Gasteiger partial charge in [0.25, 0.3) is 0 Å². The number of hydrogen-bond donors (Lipinski definition) is 3. The van der Waals surface area contributed by atoms with Gasteiger partial charge in [-0.05, 0) is 71.1 Å². The number of phosphoric ester groups is 1. The van der Waals surface area contributed by atoms with Gasteiger partial charge < -0.3 is 19.8 Å². The van der Waals surface area contributed by atoms with Crippen LogP contribution in [0.4, 0.5) is 0 Å². The van der Waals surface area contributed by atoms with E-state index in [1.165, 1.54) is 109 Å². The lowest BCUT2D eigenvalue weighted by atomic mass is 10.0. The largest absolute Gasteiger partial charge is 0.472 e. The Morgan fingerprint density at radius 1 is 0.643 bits per heavy atom. The first-order valence-corrected chi connectivity index (χ1v) is 24.1. The Kier molecular flexibility index (Phi) is 37.5. The predicted molar refractivity (Wildman–Crippen MR) is 240 cm³/mol. The van der Waals surface area contributed by atoms with Gasteiger partial charge in [-0.3, -0.25) is 13.8 Å². The number of amides is 1. The number of nitrogens with zero attached hydrogens (tertiary/aromatic N) is 1. The van der Waals surface area contributed by atoms with Crippen LogP contribution < -0.4 is 5.32 Å². The number of likely N-dealkylation sites (N-methyl/N-ethyl adjacent to an activating group) is 1. The lowest BCUT2D eigenvalue weighted by Crippen LogP contribution is -2.45. The summed E-state index contributed by atoms with van der Waals surface area (Å²) < 4.78 is 23.4. The third kappa shape index (κ3) is 40.4. The van der Waals surface area contributed by atoms with Crippen LogP contribution in [0.15, 0.2) is 60.8 Å². The van der Waals surface area contributed by atoms with Gasteiger partial charge in [0.2, 0.25) is 5.91 Å². The summed E-state index contributed by atoms with van der Waals surface area (Å²) in [5, 5.41) is 13.7. The number of hydrogen-bond acceptors (Lipinski definition) is 5. The maximum absolute atomic E-state index is 12.8.